The second-order valence-corrected chi connectivity index (χ2v) is 4.64. The molecule has 6 heteroatoms. The van der Waals surface area contributed by atoms with Crippen molar-refractivity contribution in [2.45, 2.75) is 25.7 Å². The van der Waals surface area contributed by atoms with Gasteiger partial charge >= 0.3 is 6.18 Å². The molecule has 108 valence electrons. The lowest BCUT2D eigenvalue weighted by Crippen LogP contribution is -2.22. The van der Waals surface area contributed by atoms with Crippen LogP contribution in [0.5, 0.6) is 0 Å². The third kappa shape index (κ3) is 3.19. The van der Waals surface area contributed by atoms with Crippen molar-refractivity contribution in [1.82, 2.24) is 15.1 Å². The van der Waals surface area contributed by atoms with E-state index < -0.39 is 11.7 Å². The Labute approximate surface area is 115 Å². The molecule has 0 saturated heterocycles. The average molecular weight is 283 g/mol. The number of alkyl halides is 3. The minimum Gasteiger partial charge on any atom is -0.305 e. The standard InChI is InChI=1S/C14H16F3N3/c1-10(13-7-8-19-20(13)2)18-9-11-5-3-4-6-12(11)14(15,16)17/h3-8,10,18H,9H2,1-2H3. The predicted octanol–water partition coefficient (Wildman–Crippen LogP) is 3.29. The van der Waals surface area contributed by atoms with Gasteiger partial charge in [-0.1, -0.05) is 18.2 Å². The maximum absolute atomic E-state index is 12.9. The van der Waals surface area contributed by atoms with E-state index in [9.17, 15) is 13.2 Å². The molecule has 1 heterocycles. The molecule has 0 fully saturated rings. The first kappa shape index (κ1) is 14.6. The summed E-state index contributed by atoms with van der Waals surface area (Å²) >= 11 is 0. The normalized spacial score (nSPS) is 13.4. The highest BCUT2D eigenvalue weighted by molar-refractivity contribution is 5.29. The summed E-state index contributed by atoms with van der Waals surface area (Å²) in [6.45, 7) is 2.05. The van der Waals surface area contributed by atoms with Gasteiger partial charge in [-0.25, -0.2) is 0 Å². The maximum Gasteiger partial charge on any atom is 0.416 e. The van der Waals surface area contributed by atoms with Gasteiger partial charge in [0.05, 0.1) is 11.3 Å². The summed E-state index contributed by atoms with van der Waals surface area (Å²) in [6.07, 6.45) is -2.66. The van der Waals surface area contributed by atoms with E-state index in [1.54, 1.807) is 24.0 Å². The fourth-order valence-corrected chi connectivity index (χ4v) is 2.13. The molecule has 1 unspecified atom stereocenters. The van der Waals surface area contributed by atoms with E-state index in [-0.39, 0.29) is 18.2 Å². The van der Waals surface area contributed by atoms with Gasteiger partial charge in [0, 0.05) is 25.8 Å². The van der Waals surface area contributed by atoms with Crippen LogP contribution >= 0.6 is 0 Å². The molecule has 0 radical (unpaired) electrons. The summed E-state index contributed by atoms with van der Waals surface area (Å²) in [7, 11) is 1.80. The SMILES string of the molecule is CC(NCc1ccccc1C(F)(F)F)c1ccnn1C. The Morgan fingerprint density at radius 3 is 2.55 bits per heavy atom. The highest BCUT2D eigenvalue weighted by Gasteiger charge is 2.32. The van der Waals surface area contributed by atoms with Gasteiger partial charge in [0.2, 0.25) is 0 Å². The number of aryl methyl sites for hydroxylation is 1. The molecule has 0 aliphatic rings. The molecule has 20 heavy (non-hydrogen) atoms. The Bertz CT molecular complexity index is 575. The molecule has 1 aromatic carbocycles. The van der Waals surface area contributed by atoms with Crippen LogP contribution in [0.2, 0.25) is 0 Å². The molecule has 2 aromatic rings. The molecule has 0 spiro atoms. The van der Waals surface area contributed by atoms with Gasteiger partial charge in [-0.3, -0.25) is 4.68 Å². The Morgan fingerprint density at radius 1 is 1.25 bits per heavy atom. The summed E-state index contributed by atoms with van der Waals surface area (Å²) in [4.78, 5) is 0. The molecule has 0 bridgehead atoms. The zero-order valence-corrected chi connectivity index (χ0v) is 11.3. The van der Waals surface area contributed by atoms with Gasteiger partial charge in [-0.05, 0) is 24.6 Å². The third-order valence-corrected chi connectivity index (χ3v) is 3.22. The van der Waals surface area contributed by atoms with Crippen LogP contribution in [0.4, 0.5) is 13.2 Å². The fourth-order valence-electron chi connectivity index (χ4n) is 2.13. The first-order valence-electron chi connectivity index (χ1n) is 6.26. The minimum absolute atomic E-state index is 0.0798. The molecular formula is C14H16F3N3. The van der Waals surface area contributed by atoms with E-state index in [1.165, 1.54) is 12.1 Å². The fraction of sp³-hybridized carbons (Fsp3) is 0.357. The predicted molar refractivity (Wildman–Crippen MR) is 69.9 cm³/mol. The second kappa shape index (κ2) is 5.66. The first-order chi connectivity index (χ1) is 9.39. The number of aromatic nitrogens is 2. The number of halogens is 3. The molecule has 2 rings (SSSR count). The summed E-state index contributed by atoms with van der Waals surface area (Å²) in [5.74, 6) is 0. The zero-order valence-electron chi connectivity index (χ0n) is 11.3. The van der Waals surface area contributed by atoms with E-state index >= 15 is 0 Å². The first-order valence-corrected chi connectivity index (χ1v) is 6.26. The summed E-state index contributed by atoms with van der Waals surface area (Å²) in [6, 6.07) is 7.37. The molecule has 1 atom stereocenters. The molecule has 1 aromatic heterocycles. The maximum atomic E-state index is 12.9. The monoisotopic (exact) mass is 283 g/mol. The van der Waals surface area contributed by atoms with E-state index in [0.29, 0.717) is 0 Å². The van der Waals surface area contributed by atoms with Crippen LogP contribution in [-0.4, -0.2) is 9.78 Å². The van der Waals surface area contributed by atoms with Gasteiger partial charge in [0.15, 0.2) is 0 Å². The highest BCUT2D eigenvalue weighted by Crippen LogP contribution is 2.31. The van der Waals surface area contributed by atoms with E-state index in [0.717, 1.165) is 11.8 Å². The van der Waals surface area contributed by atoms with Crippen LogP contribution in [0.3, 0.4) is 0 Å². The van der Waals surface area contributed by atoms with Crippen LogP contribution in [0, 0.1) is 0 Å². The molecule has 0 aliphatic carbocycles. The Kier molecular flexibility index (Phi) is 4.13. The number of rotatable bonds is 4. The molecule has 0 saturated carbocycles. The van der Waals surface area contributed by atoms with Crippen molar-refractivity contribution in [3.63, 3.8) is 0 Å². The van der Waals surface area contributed by atoms with Gasteiger partial charge in [0.1, 0.15) is 0 Å². The van der Waals surface area contributed by atoms with Gasteiger partial charge in [-0.15, -0.1) is 0 Å². The van der Waals surface area contributed by atoms with Crippen molar-refractivity contribution < 1.29 is 13.2 Å². The highest BCUT2D eigenvalue weighted by atomic mass is 19.4. The van der Waals surface area contributed by atoms with Gasteiger partial charge in [0.25, 0.3) is 0 Å². The molecule has 0 amide bonds. The van der Waals surface area contributed by atoms with Crippen molar-refractivity contribution in [2.75, 3.05) is 0 Å². The van der Waals surface area contributed by atoms with Crippen LogP contribution in [0.15, 0.2) is 36.5 Å². The summed E-state index contributed by atoms with van der Waals surface area (Å²) < 4.78 is 40.3. The number of hydrogen-bond donors (Lipinski definition) is 1. The van der Waals surface area contributed by atoms with Crippen molar-refractivity contribution in [2.24, 2.45) is 7.05 Å². The lowest BCUT2D eigenvalue weighted by atomic mass is 10.1. The van der Waals surface area contributed by atoms with Gasteiger partial charge < -0.3 is 5.32 Å². The molecular weight excluding hydrogens is 267 g/mol. The summed E-state index contributed by atoms with van der Waals surface area (Å²) in [5.41, 5.74) is 0.577. The molecule has 0 aliphatic heterocycles. The van der Waals surface area contributed by atoms with Crippen molar-refractivity contribution in [3.8, 4) is 0 Å². The Hall–Kier alpha value is -1.82. The van der Waals surface area contributed by atoms with E-state index in [1.807, 2.05) is 13.0 Å². The average Bonchev–Trinajstić information content (AvgIpc) is 2.81. The Balaban J connectivity index is 2.10. The van der Waals surface area contributed by atoms with Crippen molar-refractivity contribution in [3.05, 3.63) is 53.3 Å². The molecule has 3 nitrogen and oxygen atoms in total. The number of hydrogen-bond acceptors (Lipinski definition) is 2. The lowest BCUT2D eigenvalue weighted by Gasteiger charge is -2.17. The Morgan fingerprint density at radius 2 is 1.95 bits per heavy atom. The van der Waals surface area contributed by atoms with Crippen LogP contribution in [0.1, 0.15) is 29.8 Å². The van der Waals surface area contributed by atoms with Crippen LogP contribution in [0.25, 0.3) is 0 Å². The molecule has 1 N–H and O–H groups in total. The lowest BCUT2D eigenvalue weighted by molar-refractivity contribution is -0.138. The smallest absolute Gasteiger partial charge is 0.305 e. The zero-order chi connectivity index (χ0) is 14.8. The second-order valence-electron chi connectivity index (χ2n) is 4.64. The number of nitrogens with zero attached hydrogens (tertiary/aromatic N) is 2. The quantitative estimate of drug-likeness (QED) is 0.933. The number of nitrogens with one attached hydrogen (secondary N) is 1. The third-order valence-electron chi connectivity index (χ3n) is 3.22. The van der Waals surface area contributed by atoms with Gasteiger partial charge in [-0.2, -0.15) is 18.3 Å². The van der Waals surface area contributed by atoms with E-state index in [4.69, 9.17) is 0 Å². The minimum atomic E-state index is -4.33. The van der Waals surface area contributed by atoms with Crippen LogP contribution < -0.4 is 5.32 Å². The van der Waals surface area contributed by atoms with E-state index in [2.05, 4.69) is 10.4 Å². The van der Waals surface area contributed by atoms with Crippen LogP contribution in [-0.2, 0) is 19.8 Å². The summed E-state index contributed by atoms with van der Waals surface area (Å²) in [5, 5.41) is 7.14. The number of benzene rings is 1. The topological polar surface area (TPSA) is 29.9 Å². The van der Waals surface area contributed by atoms with Crippen molar-refractivity contribution >= 4 is 0 Å². The van der Waals surface area contributed by atoms with Crippen molar-refractivity contribution in [1.29, 1.82) is 0 Å². The largest absolute Gasteiger partial charge is 0.416 e.